The van der Waals surface area contributed by atoms with Crippen molar-refractivity contribution in [1.29, 1.82) is 0 Å². The van der Waals surface area contributed by atoms with Crippen LogP contribution in [0, 0.1) is 28.6 Å². The minimum atomic E-state index is -1.72. The Bertz CT molecular complexity index is 871. The number of carbonyl (C=O) groups excluding carboxylic acids is 2. The van der Waals surface area contributed by atoms with E-state index in [9.17, 15) is 24.9 Å². The Hall–Kier alpha value is -1.50. The average molecular weight is 433 g/mol. The van der Waals surface area contributed by atoms with E-state index in [1.54, 1.807) is 19.1 Å². The fourth-order valence-corrected chi connectivity index (χ4v) is 7.28. The SMILES string of the molecule is CCCCC(=O)OC12CC(C)C34C=C(C)C(O)C3(O)CC(CO)=CC(C4=O)C1C2(C)C. The second-order valence-corrected chi connectivity index (χ2v) is 10.9. The number of carbonyl (C=O) groups is 2. The smallest absolute Gasteiger partial charge is 0.306 e. The van der Waals surface area contributed by atoms with Gasteiger partial charge in [-0.25, -0.2) is 0 Å². The van der Waals surface area contributed by atoms with Crippen molar-refractivity contribution >= 4 is 11.8 Å². The number of aliphatic hydroxyl groups excluding tert-OH is 2. The first-order chi connectivity index (χ1) is 14.4. The summed E-state index contributed by atoms with van der Waals surface area (Å²) in [5, 5.41) is 32.8. The van der Waals surface area contributed by atoms with Crippen LogP contribution in [-0.2, 0) is 14.3 Å². The molecule has 4 rings (SSSR count). The average Bonchev–Trinajstić information content (AvgIpc) is 3.14. The second kappa shape index (κ2) is 7.00. The van der Waals surface area contributed by atoms with Crippen LogP contribution in [0.15, 0.2) is 23.3 Å². The minimum Gasteiger partial charge on any atom is -0.458 e. The van der Waals surface area contributed by atoms with Gasteiger partial charge in [-0.1, -0.05) is 46.3 Å². The van der Waals surface area contributed by atoms with Crippen LogP contribution in [0.25, 0.3) is 0 Å². The van der Waals surface area contributed by atoms with Crippen molar-refractivity contribution in [1.82, 2.24) is 0 Å². The van der Waals surface area contributed by atoms with E-state index in [2.05, 4.69) is 0 Å². The molecule has 6 heteroatoms. The molecule has 172 valence electrons. The van der Waals surface area contributed by atoms with E-state index in [0.29, 0.717) is 24.0 Å². The highest BCUT2D eigenvalue weighted by molar-refractivity contribution is 5.95. The summed E-state index contributed by atoms with van der Waals surface area (Å²) in [7, 11) is 0. The fourth-order valence-electron chi connectivity index (χ4n) is 7.28. The molecule has 0 aromatic rings. The molecule has 1 spiro atoms. The van der Waals surface area contributed by atoms with E-state index in [0.717, 1.165) is 12.8 Å². The number of ketones is 1. The summed E-state index contributed by atoms with van der Waals surface area (Å²) in [6.07, 6.45) is 4.85. The topological polar surface area (TPSA) is 104 Å². The largest absolute Gasteiger partial charge is 0.458 e. The van der Waals surface area contributed by atoms with Crippen molar-refractivity contribution < 1.29 is 29.6 Å². The zero-order valence-electron chi connectivity index (χ0n) is 19.3. The van der Waals surface area contributed by atoms with Crippen molar-refractivity contribution in [2.75, 3.05) is 6.61 Å². The molecule has 4 aliphatic carbocycles. The Balaban J connectivity index is 1.86. The first kappa shape index (κ1) is 22.7. The molecule has 0 radical (unpaired) electrons. The summed E-state index contributed by atoms with van der Waals surface area (Å²) in [6.45, 7) is 9.46. The first-order valence-electron chi connectivity index (χ1n) is 11.6. The number of esters is 1. The highest BCUT2D eigenvalue weighted by atomic mass is 16.6. The fraction of sp³-hybridized carbons (Fsp3) is 0.760. The molecule has 2 fully saturated rings. The first-order valence-corrected chi connectivity index (χ1v) is 11.6. The monoisotopic (exact) mass is 432 g/mol. The van der Waals surface area contributed by atoms with E-state index in [1.165, 1.54) is 0 Å². The highest BCUT2D eigenvalue weighted by Gasteiger charge is 2.82. The molecule has 6 nitrogen and oxygen atoms in total. The third-order valence-corrected chi connectivity index (χ3v) is 8.94. The summed E-state index contributed by atoms with van der Waals surface area (Å²) >= 11 is 0. The lowest BCUT2D eigenvalue weighted by Crippen LogP contribution is -2.59. The van der Waals surface area contributed by atoms with Gasteiger partial charge < -0.3 is 20.1 Å². The zero-order chi connectivity index (χ0) is 23.0. The molecule has 7 unspecified atom stereocenters. The Labute approximate surface area is 184 Å². The number of hydrogen-bond donors (Lipinski definition) is 3. The van der Waals surface area contributed by atoms with Gasteiger partial charge in [0.15, 0.2) is 5.78 Å². The van der Waals surface area contributed by atoms with Gasteiger partial charge in [-0.15, -0.1) is 0 Å². The van der Waals surface area contributed by atoms with Crippen LogP contribution in [0.2, 0.25) is 0 Å². The third-order valence-electron chi connectivity index (χ3n) is 8.94. The third kappa shape index (κ3) is 2.67. The van der Waals surface area contributed by atoms with E-state index in [1.807, 2.05) is 27.7 Å². The summed E-state index contributed by atoms with van der Waals surface area (Å²) in [6, 6.07) is 0. The summed E-state index contributed by atoms with van der Waals surface area (Å²) in [4.78, 5) is 26.9. The summed E-state index contributed by atoms with van der Waals surface area (Å²) in [5.74, 6) is -1.55. The molecule has 2 saturated carbocycles. The number of ether oxygens (including phenoxy) is 1. The molecule has 2 bridgehead atoms. The van der Waals surface area contributed by atoms with Crippen LogP contribution in [-0.4, -0.2) is 51.0 Å². The molecule has 0 aliphatic heterocycles. The van der Waals surface area contributed by atoms with Gasteiger partial charge >= 0.3 is 5.97 Å². The van der Waals surface area contributed by atoms with Gasteiger partial charge in [-0.3, -0.25) is 9.59 Å². The molecule has 3 N–H and O–H groups in total. The number of unbranched alkanes of at least 4 members (excludes halogenated alkanes) is 1. The van der Waals surface area contributed by atoms with Crippen LogP contribution in [0.1, 0.15) is 66.7 Å². The van der Waals surface area contributed by atoms with Gasteiger partial charge in [-0.05, 0) is 36.8 Å². The van der Waals surface area contributed by atoms with Gasteiger partial charge in [0.2, 0.25) is 0 Å². The van der Waals surface area contributed by atoms with Crippen molar-refractivity contribution in [3.05, 3.63) is 23.3 Å². The molecule has 0 aromatic heterocycles. The van der Waals surface area contributed by atoms with Gasteiger partial charge in [0.05, 0.1) is 12.0 Å². The highest BCUT2D eigenvalue weighted by Crippen LogP contribution is 2.75. The van der Waals surface area contributed by atoms with Gasteiger partial charge in [0, 0.05) is 30.1 Å². The number of rotatable bonds is 5. The number of Topliss-reactive ketones (excluding diaryl/α,β-unsaturated/α-hetero) is 1. The second-order valence-electron chi connectivity index (χ2n) is 10.9. The van der Waals surface area contributed by atoms with Crippen molar-refractivity contribution in [3.8, 4) is 0 Å². The van der Waals surface area contributed by atoms with Crippen LogP contribution < -0.4 is 0 Å². The Kier molecular flexibility index (Phi) is 5.12. The Morgan fingerprint density at radius 2 is 2.00 bits per heavy atom. The van der Waals surface area contributed by atoms with E-state index in [4.69, 9.17) is 4.74 Å². The standard InChI is InChI=1S/C25H36O6/c1-6-7-8-18(27)31-25-11-15(3)23-10-14(2)20(28)24(23,30)12-16(13-26)9-17(21(23)29)19(25)22(25,4)5/h9-10,15,17,19-20,26,28,30H,6-8,11-13H2,1-5H3. The van der Waals surface area contributed by atoms with Crippen molar-refractivity contribution in [2.45, 2.75) is 84.0 Å². The lowest BCUT2D eigenvalue weighted by molar-refractivity contribution is -0.165. The lowest BCUT2D eigenvalue weighted by Gasteiger charge is -2.46. The maximum atomic E-state index is 14.2. The molecule has 7 atom stereocenters. The van der Waals surface area contributed by atoms with Gasteiger partial charge in [0.25, 0.3) is 0 Å². The quantitative estimate of drug-likeness (QED) is 0.456. The molecular formula is C25H36O6. The van der Waals surface area contributed by atoms with Crippen molar-refractivity contribution in [3.63, 3.8) is 0 Å². The zero-order valence-corrected chi connectivity index (χ0v) is 19.3. The molecule has 4 aliphatic rings. The Morgan fingerprint density at radius 3 is 2.61 bits per heavy atom. The van der Waals surface area contributed by atoms with E-state index >= 15 is 0 Å². The summed E-state index contributed by atoms with van der Waals surface area (Å²) < 4.78 is 6.17. The predicted octanol–water partition coefficient (Wildman–Crippen LogP) is 2.70. The number of allylic oxidation sites excluding steroid dienone is 1. The maximum absolute atomic E-state index is 14.2. The predicted molar refractivity (Wildman–Crippen MR) is 115 cm³/mol. The van der Waals surface area contributed by atoms with Crippen LogP contribution >= 0.6 is 0 Å². The van der Waals surface area contributed by atoms with Crippen LogP contribution in [0.5, 0.6) is 0 Å². The molecule has 0 aromatic carbocycles. The normalized spacial score (nSPS) is 45.0. The van der Waals surface area contributed by atoms with Crippen molar-refractivity contribution in [2.24, 2.45) is 28.6 Å². The lowest BCUT2D eigenvalue weighted by atomic mass is 9.59. The number of hydrogen-bond acceptors (Lipinski definition) is 6. The Morgan fingerprint density at radius 1 is 1.32 bits per heavy atom. The molecule has 0 saturated heterocycles. The number of aliphatic hydroxyl groups is 3. The maximum Gasteiger partial charge on any atom is 0.306 e. The van der Waals surface area contributed by atoms with E-state index in [-0.39, 0.29) is 36.6 Å². The van der Waals surface area contributed by atoms with E-state index < -0.39 is 34.1 Å². The van der Waals surface area contributed by atoms with Crippen LogP contribution in [0.3, 0.4) is 0 Å². The number of fused-ring (bicyclic) bond motifs is 3. The van der Waals surface area contributed by atoms with Gasteiger partial charge in [0.1, 0.15) is 17.3 Å². The molecule has 0 heterocycles. The molecular weight excluding hydrogens is 396 g/mol. The molecule has 0 amide bonds. The van der Waals surface area contributed by atoms with Gasteiger partial charge in [-0.2, -0.15) is 0 Å². The summed E-state index contributed by atoms with van der Waals surface area (Å²) in [5.41, 5.74) is -3.07. The van der Waals surface area contributed by atoms with Crippen LogP contribution in [0.4, 0.5) is 0 Å². The minimum absolute atomic E-state index is 0.0432. The molecule has 31 heavy (non-hydrogen) atoms.